The van der Waals surface area contributed by atoms with Crippen LogP contribution in [0.5, 0.6) is 0 Å². The number of hydrogen-bond acceptors (Lipinski definition) is 10. The highest BCUT2D eigenvalue weighted by Gasteiger charge is 2.52. The first kappa shape index (κ1) is 37.3. The Morgan fingerprint density at radius 3 is 2.16 bits per heavy atom. The van der Waals surface area contributed by atoms with Gasteiger partial charge < -0.3 is 33.9 Å². The maximum absolute atomic E-state index is 14.2. The van der Waals surface area contributed by atoms with Crippen LogP contribution >= 0.6 is 0 Å². The maximum atomic E-state index is 14.2. The van der Waals surface area contributed by atoms with Crippen molar-refractivity contribution in [3.63, 3.8) is 0 Å². The molecule has 2 heterocycles. The van der Waals surface area contributed by atoms with Crippen molar-refractivity contribution in [2.45, 2.75) is 128 Å². The smallest absolute Gasteiger partial charge is 0.319 e. The Bertz CT molecular complexity index is 986. The number of carbonyl (C=O) groups excluding carboxylic acids is 2. The van der Waals surface area contributed by atoms with E-state index in [4.69, 9.17) is 18.9 Å². The predicted molar refractivity (Wildman–Crippen MR) is 171 cm³/mol. The Morgan fingerprint density at radius 1 is 1.00 bits per heavy atom. The van der Waals surface area contributed by atoms with Crippen LogP contribution in [0.3, 0.4) is 0 Å². The highest BCUT2D eigenvalue weighted by molar-refractivity contribution is 6.04. The van der Waals surface area contributed by atoms with Gasteiger partial charge in [-0.25, -0.2) is 0 Å². The Labute approximate surface area is 267 Å². The van der Waals surface area contributed by atoms with Crippen molar-refractivity contribution in [2.24, 2.45) is 23.2 Å². The molecule has 0 amide bonds. The number of Topliss-reactive ketones (excluding diaryl/α,β-unsaturated/α-hetero) is 1. The van der Waals surface area contributed by atoms with E-state index < -0.39 is 41.4 Å². The monoisotopic (exact) mass is 625 g/mol. The van der Waals surface area contributed by atoms with Crippen molar-refractivity contribution in [2.75, 3.05) is 55.5 Å². The van der Waals surface area contributed by atoms with E-state index in [2.05, 4.69) is 44.8 Å². The molecule has 0 spiro atoms. The van der Waals surface area contributed by atoms with Crippen LogP contribution in [0.4, 0.5) is 0 Å². The number of hydrogen-bond donors (Lipinski definition) is 1. The lowest BCUT2D eigenvalue weighted by Crippen LogP contribution is -2.59. The molecule has 0 aromatic rings. The fourth-order valence-corrected chi connectivity index (χ4v) is 7.79. The van der Waals surface area contributed by atoms with Crippen LogP contribution < -0.4 is 0 Å². The molecule has 0 radical (unpaired) electrons. The summed E-state index contributed by atoms with van der Waals surface area (Å²) in [7, 11) is 11.9. The standard InChI is InChI=1S/C34H63N3O7/c1-21-17-34(7,41-13)29(44-30-27(38)26(36(10)11)14-22(2)43-30)23(3)28(39)32(4,5)31(40)42-20-33(6,37(12)19-21)18-24-15-25(16-24)35(8)9/h21-27,29-30,38H,14-20H2,1-13H3/t21-,22-,23+,24?,25?,26+,27-,29-,30+,33-,34-/m1/s1. The molecule has 1 saturated carbocycles. The SMILES string of the molecule is CO[C@]1(C)C[C@@H](C)CN(C)[C@](C)(CC2CC(N(C)C)C2)COC(=O)C(C)(C)C(=O)[C@H](C)[C@H]1O[C@@H]1O[C@H](C)C[C@H](N(C)C)[C@H]1O. The van der Waals surface area contributed by atoms with Crippen molar-refractivity contribution in [3.05, 3.63) is 0 Å². The minimum atomic E-state index is -1.41. The Kier molecular flexibility index (Phi) is 12.1. The molecule has 1 aliphatic carbocycles. The number of carbonyl (C=O) groups is 2. The van der Waals surface area contributed by atoms with Crippen LogP contribution in [-0.2, 0) is 28.5 Å². The summed E-state index contributed by atoms with van der Waals surface area (Å²) < 4.78 is 25.1. The van der Waals surface area contributed by atoms with E-state index in [1.807, 2.05) is 32.8 Å². The number of rotatable bonds is 7. The Balaban J connectivity index is 1.97. The van der Waals surface area contributed by atoms with Crippen molar-refractivity contribution in [3.8, 4) is 0 Å². The molecule has 10 nitrogen and oxygen atoms in total. The number of aliphatic hydroxyl groups excluding tert-OH is 1. The highest BCUT2D eigenvalue weighted by atomic mass is 16.7. The summed E-state index contributed by atoms with van der Waals surface area (Å²) in [6.07, 6.45) is 1.61. The molecule has 2 aliphatic heterocycles. The van der Waals surface area contributed by atoms with Gasteiger partial charge in [-0.15, -0.1) is 0 Å². The summed E-state index contributed by atoms with van der Waals surface area (Å²) in [4.78, 5) is 34.5. The van der Waals surface area contributed by atoms with Crippen LogP contribution in [0.15, 0.2) is 0 Å². The minimum absolute atomic E-state index is 0.147. The molecule has 0 aromatic heterocycles. The average molecular weight is 626 g/mol. The number of esters is 1. The van der Waals surface area contributed by atoms with Crippen LogP contribution in [0, 0.1) is 23.2 Å². The molecule has 3 fully saturated rings. The lowest BCUT2D eigenvalue weighted by Gasteiger charge is -2.48. The van der Waals surface area contributed by atoms with Gasteiger partial charge in [0, 0.05) is 31.7 Å². The second-order valence-corrected chi connectivity index (χ2v) is 15.8. The van der Waals surface area contributed by atoms with E-state index in [0.29, 0.717) is 24.8 Å². The van der Waals surface area contributed by atoms with Crippen molar-refractivity contribution >= 4 is 11.8 Å². The molecule has 0 bridgehead atoms. The third-order valence-electron chi connectivity index (χ3n) is 11.1. The van der Waals surface area contributed by atoms with Gasteiger partial charge in [-0.3, -0.25) is 14.5 Å². The maximum Gasteiger partial charge on any atom is 0.319 e. The molecule has 10 heteroatoms. The number of ketones is 1. The van der Waals surface area contributed by atoms with Crippen molar-refractivity contribution < 1.29 is 33.6 Å². The summed E-state index contributed by atoms with van der Waals surface area (Å²) in [6.45, 7) is 14.3. The average Bonchev–Trinajstić information content (AvgIpc) is 2.91. The molecule has 0 unspecified atom stereocenters. The molecule has 2 saturated heterocycles. The van der Waals surface area contributed by atoms with Gasteiger partial charge in [-0.2, -0.15) is 0 Å². The normalized spacial score (nSPS) is 43.1. The molecular weight excluding hydrogens is 562 g/mol. The second-order valence-electron chi connectivity index (χ2n) is 15.8. The summed E-state index contributed by atoms with van der Waals surface area (Å²) in [5.41, 5.74) is -2.71. The third-order valence-corrected chi connectivity index (χ3v) is 11.1. The predicted octanol–water partition coefficient (Wildman–Crippen LogP) is 3.44. The Hall–Kier alpha value is -1.14. The lowest BCUT2D eigenvalue weighted by atomic mass is 9.72. The molecule has 9 atom stereocenters. The van der Waals surface area contributed by atoms with Gasteiger partial charge in [-0.1, -0.05) is 13.8 Å². The van der Waals surface area contributed by atoms with Gasteiger partial charge in [0.05, 0.1) is 23.3 Å². The van der Waals surface area contributed by atoms with Crippen LogP contribution in [-0.4, -0.2) is 135 Å². The number of aliphatic hydroxyl groups is 1. The van der Waals surface area contributed by atoms with Crippen LogP contribution in [0.25, 0.3) is 0 Å². The topological polar surface area (TPSA) is 101 Å². The molecule has 44 heavy (non-hydrogen) atoms. The van der Waals surface area contributed by atoms with E-state index in [9.17, 15) is 14.7 Å². The largest absolute Gasteiger partial charge is 0.463 e. The zero-order valence-corrected chi connectivity index (χ0v) is 29.9. The molecule has 0 aromatic carbocycles. The summed E-state index contributed by atoms with van der Waals surface area (Å²) in [6, 6.07) is 0.420. The molecule has 3 rings (SSSR count). The zero-order valence-electron chi connectivity index (χ0n) is 29.9. The summed E-state index contributed by atoms with van der Waals surface area (Å²) >= 11 is 0. The van der Waals surface area contributed by atoms with E-state index >= 15 is 0 Å². The van der Waals surface area contributed by atoms with E-state index in [-0.39, 0.29) is 36.0 Å². The molecule has 1 N–H and O–H groups in total. The van der Waals surface area contributed by atoms with Crippen LogP contribution in [0.1, 0.15) is 80.6 Å². The van der Waals surface area contributed by atoms with Gasteiger partial charge in [0.25, 0.3) is 0 Å². The van der Waals surface area contributed by atoms with Gasteiger partial charge >= 0.3 is 5.97 Å². The van der Waals surface area contributed by atoms with Gasteiger partial charge in [0.2, 0.25) is 0 Å². The quantitative estimate of drug-likeness (QED) is 0.335. The highest BCUT2D eigenvalue weighted by Crippen LogP contribution is 2.41. The van der Waals surface area contributed by atoms with Crippen LogP contribution in [0.2, 0.25) is 0 Å². The number of cyclic esters (lactones) is 1. The molecule has 256 valence electrons. The van der Waals surface area contributed by atoms with Gasteiger partial charge in [0.15, 0.2) is 12.1 Å². The summed E-state index contributed by atoms with van der Waals surface area (Å²) in [5, 5.41) is 11.3. The zero-order chi connectivity index (χ0) is 33.4. The third kappa shape index (κ3) is 8.04. The number of ether oxygens (including phenoxy) is 4. The number of likely N-dealkylation sites (N-methyl/N-ethyl adjacent to an activating group) is 2. The first-order valence-electron chi connectivity index (χ1n) is 16.6. The van der Waals surface area contributed by atoms with Gasteiger partial charge in [-0.05, 0) is 114 Å². The molecular formula is C34H63N3O7. The van der Waals surface area contributed by atoms with Crippen molar-refractivity contribution in [1.82, 2.24) is 14.7 Å². The number of nitrogens with zero attached hydrogens (tertiary/aromatic N) is 3. The Morgan fingerprint density at radius 2 is 1.61 bits per heavy atom. The van der Waals surface area contributed by atoms with Gasteiger partial charge in [0.1, 0.15) is 18.1 Å². The fourth-order valence-electron chi connectivity index (χ4n) is 7.79. The second kappa shape index (κ2) is 14.3. The van der Waals surface area contributed by atoms with E-state index in [1.165, 1.54) is 0 Å². The van der Waals surface area contributed by atoms with E-state index in [1.54, 1.807) is 27.9 Å². The van der Waals surface area contributed by atoms with Crippen molar-refractivity contribution in [1.29, 1.82) is 0 Å². The minimum Gasteiger partial charge on any atom is -0.463 e. The first-order valence-corrected chi connectivity index (χ1v) is 16.6. The number of methoxy groups -OCH3 is 1. The fraction of sp³-hybridized carbons (Fsp3) is 0.941. The lowest BCUT2D eigenvalue weighted by molar-refractivity contribution is -0.295. The first-order chi connectivity index (χ1) is 20.3. The molecule has 3 aliphatic rings. The summed E-state index contributed by atoms with van der Waals surface area (Å²) in [5.74, 6) is -0.860. The van der Waals surface area contributed by atoms with E-state index in [0.717, 1.165) is 25.8 Å².